The first-order chi connectivity index (χ1) is 5.77. The molecule has 0 fully saturated rings. The zero-order chi connectivity index (χ0) is 8.97. The largest absolute Gasteiger partial charge is 0.340 e. The Morgan fingerprint density at radius 2 is 2.00 bits per heavy atom. The van der Waals surface area contributed by atoms with Gasteiger partial charge in [-0.05, 0) is 24.3 Å². The Labute approximate surface area is 74.5 Å². The predicted octanol–water partition coefficient (Wildman–Crippen LogP) is 1.96. The second-order valence-electron chi connectivity index (χ2n) is 2.17. The average Bonchev–Trinajstić information content (AvgIpc) is 2.17. The van der Waals surface area contributed by atoms with Crippen LogP contribution in [-0.4, -0.2) is 16.9 Å². The molecule has 0 aliphatic rings. The number of alkyl halides is 1. The molecule has 64 valence electrons. The molecule has 0 saturated heterocycles. The van der Waals surface area contributed by atoms with Crippen LogP contribution in [0.5, 0.6) is 5.75 Å². The van der Waals surface area contributed by atoms with Crippen molar-refractivity contribution in [2.75, 3.05) is 5.88 Å². The van der Waals surface area contributed by atoms with Crippen LogP contribution in [0.25, 0.3) is 0 Å². The van der Waals surface area contributed by atoms with Crippen molar-refractivity contribution in [2.45, 2.75) is 0 Å². The van der Waals surface area contributed by atoms with Gasteiger partial charge in [0.05, 0.1) is 5.88 Å². The normalized spacial score (nSPS) is 9.50. The predicted molar refractivity (Wildman–Crippen MR) is 44.7 cm³/mol. The smallest absolute Gasteiger partial charge is 0.177 e. The van der Waals surface area contributed by atoms with Crippen molar-refractivity contribution in [3.8, 4) is 5.75 Å². The lowest BCUT2D eigenvalue weighted by Crippen LogP contribution is -1.99. The standard InChI is InChI=1S/C8H7ClO3/c9-5-8(10)6-1-3-7(12-11)4-2-6/h1-4,11H,5H2. The molecular formula is C8H7ClO3. The Bertz CT molecular complexity index is 268. The number of halogens is 1. The number of carbonyl (C=O) groups excluding carboxylic acids is 1. The zero-order valence-electron chi connectivity index (χ0n) is 6.16. The Kier molecular flexibility index (Phi) is 3.08. The molecule has 0 heterocycles. The summed E-state index contributed by atoms with van der Waals surface area (Å²) in [5.41, 5.74) is 0.505. The molecule has 0 aromatic heterocycles. The lowest BCUT2D eigenvalue weighted by Gasteiger charge is -1.97. The summed E-state index contributed by atoms with van der Waals surface area (Å²) in [5, 5.41) is 8.21. The Morgan fingerprint density at radius 3 is 2.42 bits per heavy atom. The molecule has 0 bridgehead atoms. The zero-order valence-corrected chi connectivity index (χ0v) is 6.91. The van der Waals surface area contributed by atoms with Gasteiger partial charge in [-0.2, -0.15) is 0 Å². The van der Waals surface area contributed by atoms with E-state index in [0.29, 0.717) is 11.3 Å². The molecule has 0 saturated carbocycles. The highest BCUT2D eigenvalue weighted by Gasteiger charge is 2.03. The van der Waals surface area contributed by atoms with Gasteiger partial charge >= 0.3 is 0 Å². The summed E-state index contributed by atoms with van der Waals surface area (Å²) >= 11 is 5.33. The van der Waals surface area contributed by atoms with E-state index in [4.69, 9.17) is 16.9 Å². The van der Waals surface area contributed by atoms with Crippen molar-refractivity contribution < 1.29 is 14.9 Å². The maximum Gasteiger partial charge on any atom is 0.177 e. The monoisotopic (exact) mass is 186 g/mol. The van der Waals surface area contributed by atoms with Gasteiger partial charge in [0.15, 0.2) is 11.5 Å². The van der Waals surface area contributed by atoms with Gasteiger partial charge in [-0.3, -0.25) is 4.79 Å². The molecule has 12 heavy (non-hydrogen) atoms. The summed E-state index contributed by atoms with van der Waals surface area (Å²) < 4.78 is 0. The van der Waals surface area contributed by atoms with Crippen molar-refractivity contribution in [1.29, 1.82) is 0 Å². The second-order valence-corrected chi connectivity index (χ2v) is 2.44. The quantitative estimate of drug-likeness (QED) is 0.340. The average molecular weight is 187 g/mol. The van der Waals surface area contributed by atoms with Crippen LogP contribution in [0.3, 0.4) is 0 Å². The van der Waals surface area contributed by atoms with Crippen molar-refractivity contribution in [3.05, 3.63) is 29.8 Å². The summed E-state index contributed by atoms with van der Waals surface area (Å²) in [5.74, 6) is 0.0987. The summed E-state index contributed by atoms with van der Waals surface area (Å²) in [7, 11) is 0. The second kappa shape index (κ2) is 4.09. The van der Waals surface area contributed by atoms with Crippen molar-refractivity contribution in [2.24, 2.45) is 0 Å². The van der Waals surface area contributed by atoms with Gasteiger partial charge in [0.2, 0.25) is 0 Å². The SMILES string of the molecule is O=C(CCl)c1ccc(OO)cc1. The maximum atomic E-state index is 11.0. The molecule has 0 amide bonds. The first kappa shape index (κ1) is 9.03. The molecule has 0 aliphatic heterocycles. The van der Waals surface area contributed by atoms with Crippen LogP contribution in [0.1, 0.15) is 10.4 Å². The van der Waals surface area contributed by atoms with Gasteiger partial charge in [-0.1, -0.05) is 0 Å². The number of rotatable bonds is 3. The minimum Gasteiger partial charge on any atom is -0.340 e. The van der Waals surface area contributed by atoms with E-state index in [1.54, 1.807) is 0 Å². The third-order valence-electron chi connectivity index (χ3n) is 1.40. The van der Waals surface area contributed by atoms with Crippen LogP contribution >= 0.6 is 11.6 Å². The molecule has 0 spiro atoms. The Morgan fingerprint density at radius 1 is 1.42 bits per heavy atom. The van der Waals surface area contributed by atoms with E-state index in [0.717, 1.165) is 0 Å². The molecule has 1 N–H and O–H groups in total. The molecular weight excluding hydrogens is 180 g/mol. The van der Waals surface area contributed by atoms with Crippen LogP contribution in [-0.2, 0) is 0 Å². The van der Waals surface area contributed by atoms with Crippen LogP contribution in [0.15, 0.2) is 24.3 Å². The highest BCUT2D eigenvalue weighted by Crippen LogP contribution is 2.11. The van der Waals surface area contributed by atoms with Gasteiger partial charge in [-0.15, -0.1) is 11.6 Å². The fraction of sp³-hybridized carbons (Fsp3) is 0.125. The van der Waals surface area contributed by atoms with Gasteiger partial charge in [-0.25, -0.2) is 5.26 Å². The van der Waals surface area contributed by atoms with Crippen molar-refractivity contribution >= 4 is 17.4 Å². The summed E-state index contributed by atoms with van der Waals surface area (Å²) in [6.07, 6.45) is 0. The molecule has 4 heteroatoms. The van der Waals surface area contributed by atoms with Crippen LogP contribution in [0.4, 0.5) is 0 Å². The van der Waals surface area contributed by atoms with E-state index in [1.165, 1.54) is 24.3 Å². The van der Waals surface area contributed by atoms with Gasteiger partial charge < -0.3 is 4.89 Å². The molecule has 1 aromatic carbocycles. The topological polar surface area (TPSA) is 46.5 Å². The number of carbonyl (C=O) groups is 1. The number of hydrogen-bond acceptors (Lipinski definition) is 3. The van der Waals surface area contributed by atoms with E-state index >= 15 is 0 Å². The van der Waals surface area contributed by atoms with E-state index in [1.807, 2.05) is 0 Å². The maximum absolute atomic E-state index is 11.0. The van der Waals surface area contributed by atoms with Crippen LogP contribution in [0, 0.1) is 0 Å². The van der Waals surface area contributed by atoms with E-state index in [-0.39, 0.29) is 11.7 Å². The van der Waals surface area contributed by atoms with Gasteiger partial charge in [0.1, 0.15) is 0 Å². The van der Waals surface area contributed by atoms with Crippen molar-refractivity contribution in [1.82, 2.24) is 0 Å². The number of ketones is 1. The Balaban J connectivity index is 2.84. The summed E-state index contributed by atoms with van der Waals surface area (Å²) in [6, 6.07) is 6.05. The van der Waals surface area contributed by atoms with E-state index in [9.17, 15) is 4.79 Å². The molecule has 3 nitrogen and oxygen atoms in total. The van der Waals surface area contributed by atoms with Crippen LogP contribution in [0.2, 0.25) is 0 Å². The molecule has 1 aromatic rings. The first-order valence-corrected chi connectivity index (χ1v) is 3.82. The molecule has 0 radical (unpaired) electrons. The van der Waals surface area contributed by atoms with Crippen molar-refractivity contribution in [3.63, 3.8) is 0 Å². The van der Waals surface area contributed by atoms with E-state index in [2.05, 4.69) is 4.89 Å². The number of benzene rings is 1. The fourth-order valence-electron chi connectivity index (χ4n) is 0.779. The van der Waals surface area contributed by atoms with Gasteiger partial charge in [0.25, 0.3) is 0 Å². The highest BCUT2D eigenvalue weighted by molar-refractivity contribution is 6.30. The minimum absolute atomic E-state index is 0.0423. The number of hydrogen-bond donors (Lipinski definition) is 1. The lowest BCUT2D eigenvalue weighted by atomic mass is 10.1. The van der Waals surface area contributed by atoms with Crippen LogP contribution < -0.4 is 4.89 Å². The number of Topliss-reactive ketones (excluding diaryl/α,β-unsaturated/α-hetero) is 1. The highest BCUT2D eigenvalue weighted by atomic mass is 35.5. The molecule has 0 atom stereocenters. The fourth-order valence-corrected chi connectivity index (χ4v) is 0.933. The molecule has 0 unspecified atom stereocenters. The lowest BCUT2D eigenvalue weighted by molar-refractivity contribution is -0.137. The van der Waals surface area contributed by atoms with Gasteiger partial charge in [0, 0.05) is 5.56 Å². The third-order valence-corrected chi connectivity index (χ3v) is 1.65. The summed E-state index contributed by atoms with van der Waals surface area (Å²) in [6.45, 7) is 0. The molecule has 1 rings (SSSR count). The van der Waals surface area contributed by atoms with E-state index < -0.39 is 0 Å². The first-order valence-electron chi connectivity index (χ1n) is 3.28. The minimum atomic E-state index is -0.152. The molecule has 0 aliphatic carbocycles. The summed E-state index contributed by atoms with van der Waals surface area (Å²) in [4.78, 5) is 14.9. The third kappa shape index (κ3) is 1.96. The Hall–Kier alpha value is -1.06.